The van der Waals surface area contributed by atoms with Gasteiger partial charge in [0.1, 0.15) is 5.82 Å². The van der Waals surface area contributed by atoms with Gasteiger partial charge in [-0.3, -0.25) is 0 Å². The molecule has 140 valence electrons. The summed E-state index contributed by atoms with van der Waals surface area (Å²) in [5.74, 6) is 0.874. The number of nitrogens with one attached hydrogen (secondary N) is 2. The number of hydrogen-bond donors (Lipinski definition) is 2. The molecule has 26 heavy (non-hydrogen) atoms. The number of ether oxygens (including phenoxy) is 3. The molecule has 2 aromatic carbocycles. The zero-order valence-corrected chi connectivity index (χ0v) is 15.0. The molecule has 0 saturated carbocycles. The summed E-state index contributed by atoms with van der Waals surface area (Å²) in [6.07, 6.45) is -0.433. The van der Waals surface area contributed by atoms with Crippen molar-refractivity contribution in [3.8, 4) is 11.5 Å². The SMILES string of the molecule is COc1ccc(CNC(=O)NCC(OC)c2cccc(F)c2)cc1OC. The van der Waals surface area contributed by atoms with Crippen molar-refractivity contribution in [1.82, 2.24) is 10.6 Å². The predicted molar refractivity (Wildman–Crippen MR) is 95.9 cm³/mol. The smallest absolute Gasteiger partial charge is 0.315 e. The van der Waals surface area contributed by atoms with Crippen LogP contribution in [0.25, 0.3) is 0 Å². The van der Waals surface area contributed by atoms with Crippen molar-refractivity contribution >= 4 is 6.03 Å². The standard InChI is InChI=1S/C19H23FN2O4/c1-24-16-8-7-13(9-17(16)25-2)11-21-19(23)22-12-18(26-3)14-5-4-6-15(20)10-14/h4-10,18H,11-12H2,1-3H3,(H2,21,22,23). The van der Waals surface area contributed by atoms with E-state index in [0.717, 1.165) is 5.56 Å². The van der Waals surface area contributed by atoms with E-state index in [1.807, 2.05) is 6.07 Å². The fourth-order valence-electron chi connectivity index (χ4n) is 2.46. The maximum Gasteiger partial charge on any atom is 0.315 e. The second-order valence-electron chi connectivity index (χ2n) is 5.53. The second kappa shape index (κ2) is 9.62. The van der Waals surface area contributed by atoms with E-state index in [0.29, 0.717) is 23.6 Å². The van der Waals surface area contributed by atoms with Crippen LogP contribution in [0, 0.1) is 5.82 Å². The van der Waals surface area contributed by atoms with Gasteiger partial charge in [-0.1, -0.05) is 18.2 Å². The lowest BCUT2D eigenvalue weighted by Crippen LogP contribution is -2.37. The Labute approximate surface area is 152 Å². The Kier molecular flexibility index (Phi) is 7.23. The first-order valence-corrected chi connectivity index (χ1v) is 8.08. The van der Waals surface area contributed by atoms with E-state index in [2.05, 4.69) is 10.6 Å². The van der Waals surface area contributed by atoms with Gasteiger partial charge in [-0.15, -0.1) is 0 Å². The van der Waals surface area contributed by atoms with E-state index < -0.39 is 6.10 Å². The number of carbonyl (C=O) groups is 1. The summed E-state index contributed by atoms with van der Waals surface area (Å²) in [4.78, 5) is 12.0. The van der Waals surface area contributed by atoms with Gasteiger partial charge in [0.15, 0.2) is 11.5 Å². The molecule has 0 aliphatic carbocycles. The highest BCUT2D eigenvalue weighted by molar-refractivity contribution is 5.73. The van der Waals surface area contributed by atoms with Crippen LogP contribution in [0.4, 0.5) is 9.18 Å². The molecule has 2 rings (SSSR count). The highest BCUT2D eigenvalue weighted by Gasteiger charge is 2.13. The first kappa shape index (κ1) is 19.5. The van der Waals surface area contributed by atoms with Crippen LogP contribution in [-0.2, 0) is 11.3 Å². The van der Waals surface area contributed by atoms with Gasteiger partial charge in [0, 0.05) is 20.2 Å². The van der Waals surface area contributed by atoms with E-state index in [-0.39, 0.29) is 18.4 Å². The second-order valence-corrected chi connectivity index (χ2v) is 5.53. The summed E-state index contributed by atoms with van der Waals surface area (Å²) in [6, 6.07) is 11.2. The summed E-state index contributed by atoms with van der Waals surface area (Å²) >= 11 is 0. The molecule has 1 atom stereocenters. The van der Waals surface area contributed by atoms with E-state index >= 15 is 0 Å². The predicted octanol–water partition coefficient (Wildman–Crippen LogP) is 3.03. The third-order valence-corrected chi connectivity index (χ3v) is 3.85. The lowest BCUT2D eigenvalue weighted by molar-refractivity contribution is 0.103. The van der Waals surface area contributed by atoms with E-state index in [1.54, 1.807) is 38.5 Å². The molecule has 0 saturated heterocycles. The van der Waals surface area contributed by atoms with Gasteiger partial charge in [0.25, 0.3) is 0 Å². The highest BCUT2D eigenvalue weighted by atomic mass is 19.1. The van der Waals surface area contributed by atoms with Gasteiger partial charge in [0.05, 0.1) is 20.3 Å². The van der Waals surface area contributed by atoms with Crippen molar-refractivity contribution in [2.75, 3.05) is 27.9 Å². The van der Waals surface area contributed by atoms with Crippen molar-refractivity contribution in [2.45, 2.75) is 12.6 Å². The molecule has 6 nitrogen and oxygen atoms in total. The van der Waals surface area contributed by atoms with Gasteiger partial charge in [-0.25, -0.2) is 9.18 Å². The average Bonchev–Trinajstić information content (AvgIpc) is 2.66. The van der Waals surface area contributed by atoms with E-state index in [4.69, 9.17) is 14.2 Å². The molecule has 2 N–H and O–H groups in total. The molecule has 0 bridgehead atoms. The molecule has 0 aromatic heterocycles. The summed E-state index contributed by atoms with van der Waals surface area (Å²) in [5, 5.41) is 5.47. The quantitative estimate of drug-likeness (QED) is 0.757. The van der Waals surface area contributed by atoms with Crippen molar-refractivity contribution < 1.29 is 23.4 Å². The molecule has 0 radical (unpaired) electrons. The Balaban J connectivity index is 1.86. The molecule has 7 heteroatoms. The Hall–Kier alpha value is -2.80. The van der Waals surface area contributed by atoms with Crippen LogP contribution in [0.1, 0.15) is 17.2 Å². The minimum Gasteiger partial charge on any atom is -0.493 e. The van der Waals surface area contributed by atoms with Gasteiger partial charge < -0.3 is 24.8 Å². The number of urea groups is 1. The third kappa shape index (κ3) is 5.35. The van der Waals surface area contributed by atoms with Gasteiger partial charge >= 0.3 is 6.03 Å². The monoisotopic (exact) mass is 362 g/mol. The van der Waals surface area contributed by atoms with Crippen LogP contribution in [0.2, 0.25) is 0 Å². The first-order valence-electron chi connectivity index (χ1n) is 8.08. The number of methoxy groups -OCH3 is 3. The first-order chi connectivity index (χ1) is 12.6. The summed E-state index contributed by atoms with van der Waals surface area (Å²) in [6.45, 7) is 0.543. The van der Waals surface area contributed by atoms with Crippen LogP contribution >= 0.6 is 0 Å². The Bertz CT molecular complexity index is 739. The number of halogens is 1. The fourth-order valence-corrected chi connectivity index (χ4v) is 2.46. The number of amides is 2. The minimum absolute atomic E-state index is 0.220. The van der Waals surface area contributed by atoms with Gasteiger partial charge in [-0.05, 0) is 35.4 Å². The largest absolute Gasteiger partial charge is 0.493 e. The maximum atomic E-state index is 13.3. The van der Waals surface area contributed by atoms with Crippen LogP contribution in [0.15, 0.2) is 42.5 Å². The Morgan fingerprint density at radius 2 is 1.81 bits per heavy atom. The van der Waals surface area contributed by atoms with Crippen molar-refractivity contribution in [3.63, 3.8) is 0 Å². The molecular weight excluding hydrogens is 339 g/mol. The third-order valence-electron chi connectivity index (χ3n) is 3.85. The summed E-state index contributed by atoms with van der Waals surface area (Å²) in [5.41, 5.74) is 1.53. The van der Waals surface area contributed by atoms with Crippen LogP contribution < -0.4 is 20.1 Å². The lowest BCUT2D eigenvalue weighted by Gasteiger charge is -2.17. The van der Waals surface area contributed by atoms with E-state index in [9.17, 15) is 9.18 Å². The van der Waals surface area contributed by atoms with Crippen molar-refractivity contribution in [1.29, 1.82) is 0 Å². The molecule has 2 amide bonds. The molecule has 1 unspecified atom stereocenters. The zero-order valence-electron chi connectivity index (χ0n) is 15.0. The van der Waals surface area contributed by atoms with Gasteiger partial charge in [0.2, 0.25) is 0 Å². The highest BCUT2D eigenvalue weighted by Crippen LogP contribution is 2.27. The molecule has 0 aliphatic rings. The van der Waals surface area contributed by atoms with Crippen molar-refractivity contribution in [2.24, 2.45) is 0 Å². The number of rotatable bonds is 8. The fraction of sp³-hybridized carbons (Fsp3) is 0.316. The molecule has 0 spiro atoms. The van der Waals surface area contributed by atoms with E-state index in [1.165, 1.54) is 19.2 Å². The summed E-state index contributed by atoms with van der Waals surface area (Å²) in [7, 11) is 4.63. The maximum absolute atomic E-state index is 13.3. The molecule has 0 aliphatic heterocycles. The Morgan fingerprint density at radius 1 is 1.04 bits per heavy atom. The van der Waals surface area contributed by atoms with Crippen molar-refractivity contribution in [3.05, 3.63) is 59.4 Å². The lowest BCUT2D eigenvalue weighted by atomic mass is 10.1. The number of carbonyl (C=O) groups excluding carboxylic acids is 1. The summed E-state index contributed by atoms with van der Waals surface area (Å²) < 4.78 is 29.0. The molecule has 0 heterocycles. The van der Waals surface area contributed by atoms with Crippen LogP contribution in [0.3, 0.4) is 0 Å². The molecular formula is C19H23FN2O4. The topological polar surface area (TPSA) is 68.8 Å². The van der Waals surface area contributed by atoms with Gasteiger partial charge in [-0.2, -0.15) is 0 Å². The number of benzene rings is 2. The minimum atomic E-state index is -0.433. The molecule has 0 fully saturated rings. The number of hydrogen-bond acceptors (Lipinski definition) is 4. The average molecular weight is 362 g/mol. The van der Waals surface area contributed by atoms with Crippen LogP contribution in [-0.4, -0.2) is 33.9 Å². The molecule has 2 aromatic rings. The Morgan fingerprint density at radius 3 is 2.46 bits per heavy atom. The zero-order chi connectivity index (χ0) is 18.9. The van der Waals surface area contributed by atoms with Crippen LogP contribution in [0.5, 0.6) is 11.5 Å². The normalized spacial score (nSPS) is 11.5.